The largest absolute Gasteiger partial charge is 0.387 e. The van der Waals surface area contributed by atoms with Crippen LogP contribution in [0.5, 0.6) is 0 Å². The molecule has 3 nitrogen and oxygen atoms in total. The lowest BCUT2D eigenvalue weighted by atomic mass is 10.1. The van der Waals surface area contributed by atoms with Crippen LogP contribution < -0.4 is 5.32 Å². The summed E-state index contributed by atoms with van der Waals surface area (Å²) >= 11 is 1.48. The second-order valence-electron chi connectivity index (χ2n) is 3.65. The van der Waals surface area contributed by atoms with Crippen LogP contribution in [0.3, 0.4) is 0 Å². The Morgan fingerprint density at radius 1 is 1.29 bits per heavy atom. The van der Waals surface area contributed by atoms with Gasteiger partial charge in [-0.2, -0.15) is 11.3 Å². The molecule has 0 saturated carbocycles. The van der Waals surface area contributed by atoms with E-state index in [4.69, 9.17) is 0 Å². The highest BCUT2D eigenvalue weighted by Gasteiger charge is 2.10. The van der Waals surface area contributed by atoms with Crippen molar-refractivity contribution in [2.75, 3.05) is 6.54 Å². The van der Waals surface area contributed by atoms with Crippen LogP contribution in [0.2, 0.25) is 0 Å². The second kappa shape index (κ2) is 5.61. The van der Waals surface area contributed by atoms with Crippen LogP contribution in [-0.2, 0) is 0 Å². The normalized spacial score (nSPS) is 12.1. The average molecular weight is 247 g/mol. The minimum Gasteiger partial charge on any atom is -0.387 e. The Hall–Kier alpha value is -1.65. The standard InChI is InChI=1S/C13H13NO2S/c15-12(10-4-2-1-3-5-10)8-14-13(16)11-6-7-17-9-11/h1-7,9,12,15H,8H2,(H,14,16). The molecule has 88 valence electrons. The molecule has 1 unspecified atom stereocenters. The summed E-state index contributed by atoms with van der Waals surface area (Å²) in [6, 6.07) is 11.0. The van der Waals surface area contributed by atoms with E-state index in [0.717, 1.165) is 5.56 Å². The molecule has 0 saturated heterocycles. The molecule has 0 bridgehead atoms. The molecule has 1 aromatic carbocycles. The minimum absolute atomic E-state index is 0.152. The van der Waals surface area contributed by atoms with Crippen LogP contribution in [0.15, 0.2) is 47.2 Å². The fourth-order valence-electron chi connectivity index (χ4n) is 1.48. The molecule has 4 heteroatoms. The number of aliphatic hydroxyl groups excluding tert-OH is 1. The Kier molecular flexibility index (Phi) is 3.90. The van der Waals surface area contributed by atoms with Crippen molar-refractivity contribution in [3.8, 4) is 0 Å². The third-order valence-corrected chi connectivity index (χ3v) is 3.11. The molecule has 0 aliphatic rings. The molecule has 1 amide bonds. The van der Waals surface area contributed by atoms with Gasteiger partial charge in [0.1, 0.15) is 0 Å². The summed E-state index contributed by atoms with van der Waals surface area (Å²) in [5, 5.41) is 16.2. The molecule has 2 aromatic rings. The van der Waals surface area contributed by atoms with Gasteiger partial charge in [0.05, 0.1) is 6.10 Å². The van der Waals surface area contributed by atoms with E-state index in [1.165, 1.54) is 11.3 Å². The molecule has 17 heavy (non-hydrogen) atoms. The highest BCUT2D eigenvalue weighted by molar-refractivity contribution is 7.08. The quantitative estimate of drug-likeness (QED) is 0.870. The Balaban J connectivity index is 1.89. The summed E-state index contributed by atoms with van der Waals surface area (Å²) in [4.78, 5) is 11.6. The number of rotatable bonds is 4. The molecular formula is C13H13NO2S. The van der Waals surface area contributed by atoms with E-state index in [-0.39, 0.29) is 12.5 Å². The second-order valence-corrected chi connectivity index (χ2v) is 4.43. The van der Waals surface area contributed by atoms with Crippen LogP contribution in [0, 0.1) is 0 Å². The van der Waals surface area contributed by atoms with E-state index < -0.39 is 6.10 Å². The zero-order chi connectivity index (χ0) is 12.1. The first-order chi connectivity index (χ1) is 8.27. The van der Waals surface area contributed by atoms with Gasteiger partial charge in [-0.25, -0.2) is 0 Å². The van der Waals surface area contributed by atoms with Crippen LogP contribution in [0.4, 0.5) is 0 Å². The molecule has 1 atom stereocenters. The van der Waals surface area contributed by atoms with Crippen molar-refractivity contribution < 1.29 is 9.90 Å². The minimum atomic E-state index is -0.668. The van der Waals surface area contributed by atoms with Gasteiger partial charge in [0.25, 0.3) is 5.91 Å². The van der Waals surface area contributed by atoms with Crippen molar-refractivity contribution in [1.82, 2.24) is 5.32 Å². The summed E-state index contributed by atoms with van der Waals surface area (Å²) in [7, 11) is 0. The number of hydrogen-bond donors (Lipinski definition) is 2. The SMILES string of the molecule is O=C(NCC(O)c1ccccc1)c1ccsc1. The van der Waals surface area contributed by atoms with Gasteiger partial charge in [0, 0.05) is 17.5 Å². The van der Waals surface area contributed by atoms with Crippen molar-refractivity contribution in [2.24, 2.45) is 0 Å². The molecule has 0 aliphatic heterocycles. The zero-order valence-corrected chi connectivity index (χ0v) is 9.98. The molecule has 0 radical (unpaired) electrons. The van der Waals surface area contributed by atoms with Gasteiger partial charge in [-0.15, -0.1) is 0 Å². The van der Waals surface area contributed by atoms with Gasteiger partial charge in [-0.05, 0) is 17.0 Å². The van der Waals surface area contributed by atoms with E-state index >= 15 is 0 Å². The lowest BCUT2D eigenvalue weighted by Gasteiger charge is -2.11. The molecular weight excluding hydrogens is 234 g/mol. The predicted octanol–water partition coefficient (Wildman–Crippen LogP) is 2.21. The van der Waals surface area contributed by atoms with E-state index in [1.54, 1.807) is 11.4 Å². The number of aliphatic hydroxyl groups is 1. The van der Waals surface area contributed by atoms with Gasteiger partial charge < -0.3 is 10.4 Å². The molecule has 0 aliphatic carbocycles. The number of nitrogens with one attached hydrogen (secondary N) is 1. The number of amides is 1. The topological polar surface area (TPSA) is 49.3 Å². The van der Waals surface area contributed by atoms with E-state index in [0.29, 0.717) is 5.56 Å². The summed E-state index contributed by atoms with van der Waals surface area (Å²) in [6.45, 7) is 0.221. The van der Waals surface area contributed by atoms with Crippen molar-refractivity contribution in [3.05, 3.63) is 58.3 Å². The summed E-state index contributed by atoms with van der Waals surface area (Å²) < 4.78 is 0. The Morgan fingerprint density at radius 3 is 2.71 bits per heavy atom. The smallest absolute Gasteiger partial charge is 0.252 e. The highest BCUT2D eigenvalue weighted by atomic mass is 32.1. The number of carbonyl (C=O) groups excluding carboxylic acids is 1. The van der Waals surface area contributed by atoms with E-state index in [9.17, 15) is 9.90 Å². The highest BCUT2D eigenvalue weighted by Crippen LogP contribution is 2.11. The van der Waals surface area contributed by atoms with Crippen molar-refractivity contribution in [3.63, 3.8) is 0 Å². The maximum atomic E-state index is 11.6. The fraction of sp³-hybridized carbons (Fsp3) is 0.154. The third-order valence-electron chi connectivity index (χ3n) is 2.42. The monoisotopic (exact) mass is 247 g/mol. The van der Waals surface area contributed by atoms with Crippen LogP contribution in [0.1, 0.15) is 22.0 Å². The molecule has 1 heterocycles. The van der Waals surface area contributed by atoms with Crippen LogP contribution in [0.25, 0.3) is 0 Å². The van der Waals surface area contributed by atoms with Gasteiger partial charge in [-0.3, -0.25) is 4.79 Å². The maximum Gasteiger partial charge on any atom is 0.252 e. The number of carbonyl (C=O) groups is 1. The zero-order valence-electron chi connectivity index (χ0n) is 9.17. The first kappa shape index (κ1) is 11.8. The average Bonchev–Trinajstić information content (AvgIpc) is 2.90. The maximum absolute atomic E-state index is 11.6. The summed E-state index contributed by atoms with van der Waals surface area (Å²) in [5.41, 5.74) is 1.44. The number of hydrogen-bond acceptors (Lipinski definition) is 3. The van der Waals surface area contributed by atoms with Crippen LogP contribution in [-0.4, -0.2) is 17.6 Å². The van der Waals surface area contributed by atoms with Gasteiger partial charge >= 0.3 is 0 Å². The number of benzene rings is 1. The van der Waals surface area contributed by atoms with Gasteiger partial charge in [-0.1, -0.05) is 30.3 Å². The lowest BCUT2D eigenvalue weighted by molar-refractivity contribution is 0.0917. The van der Waals surface area contributed by atoms with Gasteiger partial charge in [0.2, 0.25) is 0 Å². The lowest BCUT2D eigenvalue weighted by Crippen LogP contribution is -2.27. The van der Waals surface area contributed by atoms with Crippen LogP contribution >= 0.6 is 11.3 Å². The summed E-state index contributed by atoms with van der Waals surface area (Å²) in [5.74, 6) is -0.152. The first-order valence-corrected chi connectivity index (χ1v) is 6.25. The molecule has 0 fully saturated rings. The molecule has 2 N–H and O–H groups in total. The first-order valence-electron chi connectivity index (χ1n) is 5.31. The molecule has 0 spiro atoms. The predicted molar refractivity (Wildman–Crippen MR) is 68.1 cm³/mol. The summed E-state index contributed by atoms with van der Waals surface area (Å²) in [6.07, 6.45) is -0.668. The Morgan fingerprint density at radius 2 is 2.06 bits per heavy atom. The Labute approximate surface area is 104 Å². The number of thiophene rings is 1. The third kappa shape index (κ3) is 3.15. The molecule has 1 aromatic heterocycles. The fourth-order valence-corrected chi connectivity index (χ4v) is 2.11. The van der Waals surface area contributed by atoms with Crippen molar-refractivity contribution in [2.45, 2.75) is 6.10 Å². The molecule has 2 rings (SSSR count). The van der Waals surface area contributed by atoms with E-state index in [1.807, 2.05) is 35.7 Å². The van der Waals surface area contributed by atoms with Crippen molar-refractivity contribution >= 4 is 17.2 Å². The van der Waals surface area contributed by atoms with Crippen molar-refractivity contribution in [1.29, 1.82) is 0 Å². The van der Waals surface area contributed by atoms with E-state index in [2.05, 4.69) is 5.32 Å². The Bertz CT molecular complexity index is 467. The van der Waals surface area contributed by atoms with Gasteiger partial charge in [0.15, 0.2) is 0 Å².